The van der Waals surface area contributed by atoms with Gasteiger partial charge in [-0.15, -0.1) is 5.10 Å². The molecule has 0 bridgehead atoms. The van der Waals surface area contributed by atoms with Crippen LogP contribution in [-0.2, 0) is 0 Å². The molecule has 1 amide bonds. The average molecular weight is 321 g/mol. The number of pyridine rings is 1. The van der Waals surface area contributed by atoms with Gasteiger partial charge in [0.25, 0.3) is 17.6 Å². The van der Waals surface area contributed by atoms with Crippen LogP contribution < -0.4 is 5.32 Å². The third kappa shape index (κ3) is 2.47. The highest BCUT2D eigenvalue weighted by Crippen LogP contribution is 2.17. The topological polar surface area (TPSA) is 111 Å². The number of carbonyl (C=O) groups excluding carboxylic acids is 1. The Hall–Kier alpha value is -3.62. The summed E-state index contributed by atoms with van der Waals surface area (Å²) in [5.74, 6) is 0.561. The van der Waals surface area contributed by atoms with E-state index in [0.29, 0.717) is 17.2 Å². The number of aromatic nitrogens is 6. The molecule has 0 fully saturated rings. The second-order valence-corrected chi connectivity index (χ2v) is 4.97. The number of nitrogens with one attached hydrogen (secondary N) is 1. The third-order valence-electron chi connectivity index (χ3n) is 3.25. The van der Waals surface area contributed by atoms with Crippen molar-refractivity contribution in [3.63, 3.8) is 0 Å². The van der Waals surface area contributed by atoms with Crippen molar-refractivity contribution in [2.75, 3.05) is 5.32 Å². The van der Waals surface area contributed by atoms with Crippen molar-refractivity contribution in [2.45, 2.75) is 6.92 Å². The summed E-state index contributed by atoms with van der Waals surface area (Å²) in [7, 11) is 0. The summed E-state index contributed by atoms with van der Waals surface area (Å²) in [5.41, 5.74) is 1.59. The van der Waals surface area contributed by atoms with Crippen LogP contribution in [0, 0.1) is 6.92 Å². The Labute approximate surface area is 135 Å². The van der Waals surface area contributed by atoms with E-state index in [1.54, 1.807) is 25.4 Å². The first-order valence-electron chi connectivity index (χ1n) is 7.08. The van der Waals surface area contributed by atoms with Crippen molar-refractivity contribution in [1.82, 2.24) is 29.7 Å². The Bertz CT molecular complexity index is 1020. The number of hydrogen-bond acceptors (Lipinski definition) is 7. The molecule has 0 unspecified atom stereocenters. The van der Waals surface area contributed by atoms with E-state index < -0.39 is 5.91 Å². The number of fused-ring (bicyclic) bond motifs is 1. The van der Waals surface area contributed by atoms with E-state index in [1.807, 2.05) is 18.2 Å². The van der Waals surface area contributed by atoms with Crippen LogP contribution in [-0.4, -0.2) is 35.6 Å². The molecular weight excluding hydrogens is 310 g/mol. The van der Waals surface area contributed by atoms with Crippen molar-refractivity contribution >= 4 is 17.6 Å². The van der Waals surface area contributed by atoms with E-state index in [9.17, 15) is 4.79 Å². The van der Waals surface area contributed by atoms with Gasteiger partial charge in [-0.3, -0.25) is 15.1 Å². The first-order valence-corrected chi connectivity index (χ1v) is 7.08. The third-order valence-corrected chi connectivity index (χ3v) is 3.25. The number of carbonyl (C=O) groups is 1. The minimum absolute atomic E-state index is 0.122. The Morgan fingerprint density at radius 3 is 2.88 bits per heavy atom. The van der Waals surface area contributed by atoms with Crippen molar-refractivity contribution in [2.24, 2.45) is 0 Å². The highest BCUT2D eigenvalue weighted by atomic mass is 16.5. The molecule has 9 nitrogen and oxygen atoms in total. The van der Waals surface area contributed by atoms with Crippen LogP contribution in [0.15, 0.2) is 47.2 Å². The molecule has 0 saturated carbocycles. The second-order valence-electron chi connectivity index (χ2n) is 4.97. The SMILES string of the molecule is Cc1cc(C(=O)Nc2nc3nccc(-c4ccccn4)n3n2)no1. The Balaban J connectivity index is 1.70. The minimum atomic E-state index is -0.456. The zero-order valence-corrected chi connectivity index (χ0v) is 12.5. The van der Waals surface area contributed by atoms with Crippen LogP contribution in [0.3, 0.4) is 0 Å². The molecule has 0 aliphatic carbocycles. The molecule has 4 aromatic rings. The highest BCUT2D eigenvalue weighted by molar-refractivity contribution is 6.01. The number of nitrogens with zero attached hydrogens (tertiary/aromatic N) is 6. The summed E-state index contributed by atoms with van der Waals surface area (Å²) in [5, 5.41) is 10.5. The largest absolute Gasteiger partial charge is 0.361 e. The first kappa shape index (κ1) is 14.0. The van der Waals surface area contributed by atoms with Gasteiger partial charge in [-0.1, -0.05) is 11.2 Å². The maximum Gasteiger partial charge on any atom is 0.280 e. The molecule has 4 rings (SSSR count). The van der Waals surface area contributed by atoms with Crippen molar-refractivity contribution < 1.29 is 9.32 Å². The van der Waals surface area contributed by atoms with Crippen molar-refractivity contribution in [3.05, 3.63) is 54.2 Å². The fraction of sp³-hybridized carbons (Fsp3) is 0.0667. The van der Waals surface area contributed by atoms with Crippen molar-refractivity contribution in [1.29, 1.82) is 0 Å². The van der Waals surface area contributed by atoms with E-state index in [-0.39, 0.29) is 11.6 Å². The van der Waals surface area contributed by atoms with Crippen LogP contribution in [0.2, 0.25) is 0 Å². The molecular formula is C15H11N7O2. The molecule has 1 N–H and O–H groups in total. The van der Waals surface area contributed by atoms with Gasteiger partial charge in [0.2, 0.25) is 0 Å². The second kappa shape index (κ2) is 5.54. The molecule has 0 saturated heterocycles. The average Bonchev–Trinajstić information content (AvgIpc) is 3.21. The van der Waals surface area contributed by atoms with E-state index in [1.165, 1.54) is 10.6 Å². The molecule has 24 heavy (non-hydrogen) atoms. The van der Waals surface area contributed by atoms with Crippen LogP contribution in [0.5, 0.6) is 0 Å². The quantitative estimate of drug-likeness (QED) is 0.611. The lowest BCUT2D eigenvalue weighted by Crippen LogP contribution is -2.13. The molecule has 0 aliphatic heterocycles. The predicted octanol–water partition coefficient (Wildman–Crippen LogP) is 1.74. The first-order chi connectivity index (χ1) is 11.7. The van der Waals surface area contributed by atoms with Gasteiger partial charge >= 0.3 is 0 Å². The number of hydrogen-bond donors (Lipinski definition) is 1. The smallest absolute Gasteiger partial charge is 0.280 e. The molecule has 0 aromatic carbocycles. The van der Waals surface area contributed by atoms with E-state index in [2.05, 4.69) is 30.5 Å². The van der Waals surface area contributed by atoms with Gasteiger partial charge in [-0.2, -0.15) is 9.50 Å². The van der Waals surface area contributed by atoms with E-state index >= 15 is 0 Å². The standard InChI is InChI=1S/C15H11N7O2/c1-9-8-11(21-24-9)13(23)18-14-19-15-17-7-5-12(22(15)20-14)10-4-2-3-6-16-10/h2-8H,1H3,(H,18,20,23). The number of rotatable bonds is 3. The zero-order chi connectivity index (χ0) is 16.5. The van der Waals surface area contributed by atoms with Gasteiger partial charge in [0.05, 0.1) is 11.4 Å². The van der Waals surface area contributed by atoms with Gasteiger partial charge in [-0.25, -0.2) is 4.98 Å². The minimum Gasteiger partial charge on any atom is -0.361 e. The fourth-order valence-corrected chi connectivity index (χ4v) is 2.19. The molecule has 9 heteroatoms. The van der Waals surface area contributed by atoms with Gasteiger partial charge in [-0.05, 0) is 25.1 Å². The van der Waals surface area contributed by atoms with Crippen LogP contribution in [0.4, 0.5) is 5.95 Å². The lowest BCUT2D eigenvalue weighted by atomic mass is 10.2. The monoisotopic (exact) mass is 321 g/mol. The van der Waals surface area contributed by atoms with E-state index in [0.717, 1.165) is 5.69 Å². The predicted molar refractivity (Wildman–Crippen MR) is 83.2 cm³/mol. The van der Waals surface area contributed by atoms with Crippen LogP contribution in [0.25, 0.3) is 17.2 Å². The Kier molecular flexibility index (Phi) is 3.23. The summed E-state index contributed by atoms with van der Waals surface area (Å²) >= 11 is 0. The van der Waals surface area contributed by atoms with Crippen LogP contribution in [0.1, 0.15) is 16.2 Å². The summed E-state index contributed by atoms with van der Waals surface area (Å²) in [4.78, 5) is 24.7. The number of amides is 1. The molecule has 0 atom stereocenters. The maximum absolute atomic E-state index is 12.1. The fourth-order valence-electron chi connectivity index (χ4n) is 2.19. The molecule has 0 spiro atoms. The number of anilines is 1. The lowest BCUT2D eigenvalue weighted by molar-refractivity contribution is 0.101. The van der Waals surface area contributed by atoms with Crippen LogP contribution >= 0.6 is 0 Å². The lowest BCUT2D eigenvalue weighted by Gasteiger charge is -2.01. The van der Waals surface area contributed by atoms with Gasteiger partial charge < -0.3 is 4.52 Å². The Morgan fingerprint density at radius 2 is 2.12 bits per heavy atom. The Morgan fingerprint density at radius 1 is 1.21 bits per heavy atom. The summed E-state index contributed by atoms with van der Waals surface area (Å²) in [6.07, 6.45) is 3.30. The molecule has 4 heterocycles. The maximum atomic E-state index is 12.1. The molecule has 118 valence electrons. The molecule has 0 radical (unpaired) electrons. The summed E-state index contributed by atoms with van der Waals surface area (Å²) in [6.45, 7) is 1.70. The van der Waals surface area contributed by atoms with Crippen molar-refractivity contribution in [3.8, 4) is 11.4 Å². The van der Waals surface area contributed by atoms with Gasteiger partial charge in [0, 0.05) is 18.5 Å². The normalized spacial score (nSPS) is 10.9. The summed E-state index contributed by atoms with van der Waals surface area (Å²) in [6, 6.07) is 8.86. The van der Waals surface area contributed by atoms with Gasteiger partial charge in [0.15, 0.2) is 5.69 Å². The number of aryl methyl sites for hydroxylation is 1. The van der Waals surface area contributed by atoms with Gasteiger partial charge in [0.1, 0.15) is 5.76 Å². The highest BCUT2D eigenvalue weighted by Gasteiger charge is 2.15. The van der Waals surface area contributed by atoms with E-state index in [4.69, 9.17) is 4.52 Å². The summed E-state index contributed by atoms with van der Waals surface area (Å²) < 4.78 is 6.40. The molecule has 0 aliphatic rings. The molecule has 4 aromatic heterocycles. The zero-order valence-electron chi connectivity index (χ0n) is 12.5.